The molecule has 2 rings (SSSR count). The molecule has 2 aromatic carbocycles. The van der Waals surface area contributed by atoms with E-state index in [1.54, 1.807) is 34.6 Å². The van der Waals surface area contributed by atoms with Crippen molar-refractivity contribution in [2.45, 2.75) is 52.4 Å². The molecule has 1 amide bonds. The van der Waals surface area contributed by atoms with Gasteiger partial charge in [0.1, 0.15) is 18.0 Å². The van der Waals surface area contributed by atoms with Gasteiger partial charge in [0.05, 0.1) is 11.3 Å². The molecule has 0 aromatic heterocycles. The zero-order valence-corrected chi connectivity index (χ0v) is 18.7. The van der Waals surface area contributed by atoms with Crippen LogP contribution in [0.15, 0.2) is 64.8 Å². The van der Waals surface area contributed by atoms with Gasteiger partial charge in [-0.2, -0.15) is 0 Å². The highest BCUT2D eigenvalue weighted by atomic mass is 16.6. The minimum Gasteiger partial charge on any atom is -0.489 e. The van der Waals surface area contributed by atoms with Crippen LogP contribution in [-0.4, -0.2) is 28.9 Å². The smallest absolute Gasteiger partial charge is 0.408 e. The van der Waals surface area contributed by atoms with Gasteiger partial charge in [-0.25, -0.2) is 4.79 Å². The molecule has 0 atom stereocenters. The van der Waals surface area contributed by atoms with Gasteiger partial charge >= 0.3 is 6.09 Å². The molecular formula is C23H31N5O3. The first-order valence-electron chi connectivity index (χ1n) is 9.92. The third-order valence-electron chi connectivity index (χ3n) is 4.05. The molecular weight excluding hydrogens is 394 g/mol. The summed E-state index contributed by atoms with van der Waals surface area (Å²) in [5, 5.41) is 10.8. The molecule has 2 aromatic rings. The molecule has 0 aliphatic heterocycles. The number of hydrogen-bond acceptors (Lipinski definition) is 5. The third kappa shape index (κ3) is 8.00. The summed E-state index contributed by atoms with van der Waals surface area (Å²) in [5.74, 6) is 0.514. The number of carbonyl (C=O) groups excluding carboxylic acids is 1. The summed E-state index contributed by atoms with van der Waals surface area (Å²) in [6, 6.07) is 17.2. The Morgan fingerprint density at radius 2 is 1.55 bits per heavy atom. The molecule has 0 heterocycles. The highest BCUT2D eigenvalue weighted by molar-refractivity contribution is 6.08. The Balaban J connectivity index is 2.22. The summed E-state index contributed by atoms with van der Waals surface area (Å²) in [6.07, 6.45) is -0.572. The molecule has 0 saturated carbocycles. The van der Waals surface area contributed by atoms with E-state index in [4.69, 9.17) is 20.9 Å². The van der Waals surface area contributed by atoms with Gasteiger partial charge in [-0.3, -0.25) is 0 Å². The predicted molar refractivity (Wildman–Crippen MR) is 123 cm³/mol. The van der Waals surface area contributed by atoms with Gasteiger partial charge < -0.3 is 26.3 Å². The minimum atomic E-state index is -0.923. The van der Waals surface area contributed by atoms with Crippen LogP contribution < -0.4 is 21.5 Å². The number of nitrogens with one attached hydrogen (secondary N) is 1. The normalized spacial score (nSPS) is 12.1. The van der Waals surface area contributed by atoms with Crippen molar-refractivity contribution in [3.63, 3.8) is 0 Å². The van der Waals surface area contributed by atoms with Gasteiger partial charge in [0, 0.05) is 5.56 Å². The number of nitrogens with zero attached hydrogens (tertiary/aromatic N) is 2. The molecule has 0 radical (unpaired) electrons. The number of ether oxygens (including phenoxy) is 2. The Labute approximate surface area is 183 Å². The first-order chi connectivity index (χ1) is 14.5. The molecule has 0 fully saturated rings. The van der Waals surface area contributed by atoms with Crippen molar-refractivity contribution >= 4 is 17.8 Å². The van der Waals surface area contributed by atoms with Gasteiger partial charge in [0.15, 0.2) is 0 Å². The molecule has 0 aliphatic rings. The Morgan fingerprint density at radius 1 is 0.935 bits per heavy atom. The maximum atomic E-state index is 12.3. The van der Waals surface area contributed by atoms with E-state index in [1.165, 1.54) is 0 Å². The summed E-state index contributed by atoms with van der Waals surface area (Å²) >= 11 is 0. The third-order valence-corrected chi connectivity index (χ3v) is 4.05. The van der Waals surface area contributed by atoms with Crippen LogP contribution in [0.4, 0.5) is 4.79 Å². The average Bonchev–Trinajstić information content (AvgIpc) is 2.65. The number of nitrogens with two attached hydrogens (primary N) is 2. The van der Waals surface area contributed by atoms with Crippen molar-refractivity contribution in [1.82, 2.24) is 5.32 Å². The van der Waals surface area contributed by atoms with Crippen LogP contribution in [0.3, 0.4) is 0 Å². The van der Waals surface area contributed by atoms with E-state index < -0.39 is 17.2 Å². The summed E-state index contributed by atoms with van der Waals surface area (Å²) in [5.41, 5.74) is 11.6. The molecule has 0 saturated heterocycles. The molecule has 5 N–H and O–H groups in total. The lowest BCUT2D eigenvalue weighted by Gasteiger charge is -2.29. The monoisotopic (exact) mass is 425 g/mol. The van der Waals surface area contributed by atoms with E-state index in [-0.39, 0.29) is 5.96 Å². The second kappa shape index (κ2) is 9.97. The number of benzene rings is 2. The summed E-state index contributed by atoms with van der Waals surface area (Å²) in [4.78, 5) is 12.3. The van der Waals surface area contributed by atoms with Crippen LogP contribution >= 0.6 is 0 Å². The van der Waals surface area contributed by atoms with E-state index in [9.17, 15) is 4.79 Å². The van der Waals surface area contributed by atoms with Crippen molar-refractivity contribution < 1.29 is 14.3 Å². The summed E-state index contributed by atoms with van der Waals surface area (Å²) in [7, 11) is 0. The van der Waals surface area contributed by atoms with Crippen molar-refractivity contribution in [1.29, 1.82) is 0 Å². The van der Waals surface area contributed by atoms with Gasteiger partial charge in [-0.15, -0.1) is 10.2 Å². The number of alkyl carbamates (subject to hydrolysis) is 1. The van der Waals surface area contributed by atoms with Crippen molar-refractivity contribution in [3.8, 4) is 5.75 Å². The summed E-state index contributed by atoms with van der Waals surface area (Å²) in [6.45, 7) is 9.42. The molecule has 0 aliphatic carbocycles. The maximum Gasteiger partial charge on any atom is 0.408 e. The van der Waals surface area contributed by atoms with Crippen LogP contribution in [0.1, 0.15) is 45.7 Å². The highest BCUT2D eigenvalue weighted by Crippen LogP contribution is 2.20. The number of rotatable bonds is 7. The predicted octanol–water partition coefficient (Wildman–Crippen LogP) is 3.55. The van der Waals surface area contributed by atoms with Crippen molar-refractivity contribution in [2.75, 3.05) is 0 Å². The van der Waals surface area contributed by atoms with Gasteiger partial charge in [-0.05, 0) is 64.4 Å². The van der Waals surface area contributed by atoms with E-state index >= 15 is 0 Å². The zero-order chi connectivity index (χ0) is 23.1. The molecule has 31 heavy (non-hydrogen) atoms. The van der Waals surface area contributed by atoms with Crippen molar-refractivity contribution in [2.24, 2.45) is 21.7 Å². The van der Waals surface area contributed by atoms with Crippen LogP contribution in [0.25, 0.3) is 0 Å². The van der Waals surface area contributed by atoms with E-state index in [0.29, 0.717) is 18.1 Å². The lowest BCUT2D eigenvalue weighted by molar-refractivity contribution is 0.0497. The highest BCUT2D eigenvalue weighted by Gasteiger charge is 2.31. The molecule has 8 nitrogen and oxygen atoms in total. The fourth-order valence-electron chi connectivity index (χ4n) is 2.72. The number of amides is 1. The number of hydrogen-bond donors (Lipinski definition) is 3. The molecule has 0 unspecified atom stereocenters. The number of carbonyl (C=O) groups is 1. The Bertz CT molecular complexity index is 926. The molecule has 0 spiro atoms. The quantitative estimate of drug-likeness (QED) is 0.355. The summed E-state index contributed by atoms with van der Waals surface area (Å²) < 4.78 is 11.2. The topological polar surface area (TPSA) is 124 Å². The first kappa shape index (κ1) is 23.7. The minimum absolute atomic E-state index is 0.187. The second-order valence-electron chi connectivity index (χ2n) is 8.52. The molecule has 166 valence electrons. The van der Waals surface area contributed by atoms with Crippen LogP contribution in [0.2, 0.25) is 0 Å². The lowest BCUT2D eigenvalue weighted by atomic mass is 9.92. The SMILES string of the molecule is CC(C)(C)OC(=O)NC(C)(C)/C(=N\N=C(N)N)c1ccc(OCc2ccccc2)cc1. The van der Waals surface area contributed by atoms with Crippen LogP contribution in [-0.2, 0) is 11.3 Å². The standard InChI is InChI=1S/C23H31N5O3/c1-22(2,3)31-21(29)26-23(4,5)19(27-28-20(24)25)17-11-13-18(14-12-17)30-15-16-9-7-6-8-10-16/h6-14H,15H2,1-5H3,(H,26,29)(H4,24,25,28)/b27-19-. The van der Waals surface area contributed by atoms with Gasteiger partial charge in [-0.1, -0.05) is 30.3 Å². The lowest BCUT2D eigenvalue weighted by Crippen LogP contribution is -2.51. The van der Waals surface area contributed by atoms with Gasteiger partial charge in [0.25, 0.3) is 0 Å². The van der Waals surface area contributed by atoms with Gasteiger partial charge in [0.2, 0.25) is 5.96 Å². The van der Waals surface area contributed by atoms with E-state index in [2.05, 4.69) is 15.5 Å². The fourth-order valence-corrected chi connectivity index (χ4v) is 2.72. The molecule has 8 heteroatoms. The van der Waals surface area contributed by atoms with Crippen molar-refractivity contribution in [3.05, 3.63) is 65.7 Å². The zero-order valence-electron chi connectivity index (χ0n) is 18.7. The Kier molecular flexibility index (Phi) is 7.63. The maximum absolute atomic E-state index is 12.3. The molecule has 0 bridgehead atoms. The van der Waals surface area contributed by atoms with Crippen LogP contribution in [0, 0.1) is 0 Å². The Hall–Kier alpha value is -3.55. The second-order valence-corrected chi connectivity index (χ2v) is 8.52. The largest absolute Gasteiger partial charge is 0.489 e. The van der Waals surface area contributed by atoms with E-state index in [0.717, 1.165) is 11.1 Å². The average molecular weight is 426 g/mol. The number of guanidine groups is 1. The first-order valence-corrected chi connectivity index (χ1v) is 9.92. The fraction of sp³-hybridized carbons (Fsp3) is 0.348. The Morgan fingerprint density at radius 3 is 2.10 bits per heavy atom. The van der Waals surface area contributed by atoms with E-state index in [1.807, 2.05) is 54.6 Å². The van der Waals surface area contributed by atoms with Crippen LogP contribution in [0.5, 0.6) is 5.75 Å².